The fraction of sp³-hybridized carbons (Fsp3) is 0.625. The van der Waals surface area contributed by atoms with Gasteiger partial charge < -0.3 is 4.74 Å². The summed E-state index contributed by atoms with van der Waals surface area (Å²) in [5, 5.41) is 0. The van der Waals surface area contributed by atoms with E-state index >= 15 is 0 Å². The molecule has 107 valence electrons. The summed E-state index contributed by atoms with van der Waals surface area (Å²) in [7, 11) is 0. The number of hydrogen-bond donors (Lipinski definition) is 0. The van der Waals surface area contributed by atoms with Crippen LogP contribution in [0.15, 0.2) is 24.3 Å². The Hall–Kier alpha value is -1.06. The summed E-state index contributed by atoms with van der Waals surface area (Å²) in [6, 6.07) is 8.23. The number of ether oxygens (including phenoxy) is 1. The molecule has 0 spiro atoms. The van der Waals surface area contributed by atoms with E-state index in [-0.39, 0.29) is 12.0 Å². The molecule has 1 N–H and O–H groups in total. The van der Waals surface area contributed by atoms with Gasteiger partial charge in [0.25, 0.3) is 0 Å². The summed E-state index contributed by atoms with van der Waals surface area (Å²) >= 11 is 0. The first kappa shape index (κ1) is 16.0. The fourth-order valence-corrected chi connectivity index (χ4v) is 2.63. The van der Waals surface area contributed by atoms with Crippen LogP contribution in [0.2, 0.25) is 0 Å². The lowest BCUT2D eigenvalue weighted by Gasteiger charge is -2.33. The number of nitrogens with one attached hydrogen (secondary N) is 1. The molecule has 3 nitrogen and oxygen atoms in total. The van der Waals surface area contributed by atoms with E-state index < -0.39 is 0 Å². The predicted octanol–water partition coefficient (Wildman–Crippen LogP) is 3.99. The van der Waals surface area contributed by atoms with E-state index in [1.807, 2.05) is 12.1 Å². The zero-order chi connectivity index (χ0) is 14.5. The van der Waals surface area contributed by atoms with Gasteiger partial charge in [-0.2, -0.15) is 0 Å². The van der Waals surface area contributed by atoms with Crippen LogP contribution in [0.1, 0.15) is 46.6 Å². The summed E-state index contributed by atoms with van der Waals surface area (Å²) < 4.78 is 5.47. The van der Waals surface area contributed by atoms with Crippen molar-refractivity contribution >= 4 is 0 Å². The molecule has 0 aliphatic heterocycles. The molecule has 0 aliphatic rings. The summed E-state index contributed by atoms with van der Waals surface area (Å²) in [6.45, 7) is 12.1. The highest BCUT2D eigenvalue weighted by molar-refractivity contribution is 5.31. The van der Waals surface area contributed by atoms with Gasteiger partial charge in [0.15, 0.2) is 0 Å². The molecule has 0 bridgehead atoms. The topological polar surface area (TPSA) is 42.3 Å². The second-order valence-corrected chi connectivity index (χ2v) is 6.84. The molecule has 3 heteroatoms. The Balaban J connectivity index is 2.69. The molecule has 0 saturated heterocycles. The maximum Gasteiger partial charge on any atom is 0.119 e. The smallest absolute Gasteiger partial charge is 0.119 e. The average Bonchev–Trinajstić information content (AvgIpc) is 2.27. The van der Waals surface area contributed by atoms with E-state index in [9.17, 15) is 0 Å². The Labute approximate surface area is 117 Å². The summed E-state index contributed by atoms with van der Waals surface area (Å²) in [6.07, 6.45) is 1.13. The van der Waals surface area contributed by atoms with Crippen LogP contribution in [0.3, 0.4) is 0 Å². The fourth-order valence-electron chi connectivity index (χ4n) is 2.63. The highest BCUT2D eigenvalue weighted by Crippen LogP contribution is 2.36. The number of hydrogen-bond acceptors (Lipinski definition) is 2. The third-order valence-electron chi connectivity index (χ3n) is 3.06. The standard InChI is InChI=1S/C16H26NO2/c1-15(2,3)12-16(4,5)13-6-8-14(9-7-13)18-10-11-19-17/h6-9,17H,10-12H2,1-5H3. The molecule has 1 radical (unpaired) electrons. The van der Waals surface area contributed by atoms with Crippen LogP contribution in [0.25, 0.3) is 0 Å². The molecule has 0 saturated carbocycles. The van der Waals surface area contributed by atoms with Crippen molar-refractivity contribution < 1.29 is 9.57 Å². The quantitative estimate of drug-likeness (QED) is 0.576. The molecule has 19 heavy (non-hydrogen) atoms. The molecule has 1 rings (SSSR count). The Bertz CT molecular complexity index is 377. The molecule has 0 amide bonds. The van der Waals surface area contributed by atoms with Gasteiger partial charge in [0, 0.05) is 0 Å². The zero-order valence-corrected chi connectivity index (χ0v) is 12.7. The number of benzene rings is 1. The van der Waals surface area contributed by atoms with E-state index in [2.05, 4.69) is 51.6 Å². The lowest BCUT2D eigenvalue weighted by atomic mass is 9.72. The summed E-state index contributed by atoms with van der Waals surface area (Å²) in [4.78, 5) is 4.22. The third-order valence-corrected chi connectivity index (χ3v) is 3.06. The maximum absolute atomic E-state index is 6.59. The molecular weight excluding hydrogens is 238 g/mol. The van der Waals surface area contributed by atoms with Gasteiger partial charge in [-0.05, 0) is 34.9 Å². The van der Waals surface area contributed by atoms with Crippen molar-refractivity contribution in [3.8, 4) is 5.75 Å². The Morgan fingerprint density at radius 2 is 1.53 bits per heavy atom. The van der Waals surface area contributed by atoms with Gasteiger partial charge in [-0.15, -0.1) is 5.90 Å². The van der Waals surface area contributed by atoms with Crippen LogP contribution in [-0.2, 0) is 10.3 Å². The molecule has 0 heterocycles. The molecular formula is C16H26NO2. The first-order valence-corrected chi connectivity index (χ1v) is 6.76. The van der Waals surface area contributed by atoms with Gasteiger partial charge >= 0.3 is 0 Å². The van der Waals surface area contributed by atoms with Crippen LogP contribution in [0.5, 0.6) is 5.75 Å². The van der Waals surface area contributed by atoms with E-state index in [4.69, 9.17) is 10.6 Å². The van der Waals surface area contributed by atoms with Crippen LogP contribution in [0.4, 0.5) is 0 Å². The molecule has 0 atom stereocenters. The van der Waals surface area contributed by atoms with Gasteiger partial charge in [0.2, 0.25) is 0 Å². The highest BCUT2D eigenvalue weighted by atomic mass is 16.6. The predicted molar refractivity (Wildman–Crippen MR) is 78.1 cm³/mol. The maximum atomic E-state index is 6.59. The minimum absolute atomic E-state index is 0.154. The second kappa shape index (κ2) is 6.40. The van der Waals surface area contributed by atoms with Gasteiger partial charge in [0.1, 0.15) is 19.0 Å². The first-order valence-electron chi connectivity index (χ1n) is 6.76. The largest absolute Gasteiger partial charge is 0.491 e. The van der Waals surface area contributed by atoms with Crippen LogP contribution in [0, 0.1) is 5.41 Å². The van der Waals surface area contributed by atoms with Crippen molar-refractivity contribution in [2.75, 3.05) is 13.2 Å². The summed E-state index contributed by atoms with van der Waals surface area (Å²) in [5.74, 6) is 7.41. The Kier molecular flexibility index (Phi) is 5.39. The van der Waals surface area contributed by atoms with Crippen molar-refractivity contribution in [1.82, 2.24) is 5.90 Å². The number of rotatable bonds is 6. The van der Waals surface area contributed by atoms with Crippen LogP contribution >= 0.6 is 0 Å². The van der Waals surface area contributed by atoms with Gasteiger partial charge in [0.05, 0.1) is 0 Å². The molecule has 0 unspecified atom stereocenters. The average molecular weight is 264 g/mol. The second-order valence-electron chi connectivity index (χ2n) is 6.84. The first-order chi connectivity index (χ1) is 8.74. The van der Waals surface area contributed by atoms with Gasteiger partial charge in [-0.25, -0.2) is 0 Å². The minimum atomic E-state index is 0.154. The van der Waals surface area contributed by atoms with Crippen molar-refractivity contribution in [2.45, 2.75) is 46.5 Å². The van der Waals surface area contributed by atoms with E-state index in [0.29, 0.717) is 12.0 Å². The lowest BCUT2D eigenvalue weighted by molar-refractivity contribution is 0.0865. The third kappa shape index (κ3) is 5.62. The SMILES string of the molecule is CC(C)(C)CC(C)(C)c1ccc(OCCO[NH])cc1. The molecule has 0 aliphatic carbocycles. The van der Waals surface area contributed by atoms with E-state index in [0.717, 1.165) is 12.2 Å². The van der Waals surface area contributed by atoms with Gasteiger partial charge in [-0.3, -0.25) is 4.84 Å². The van der Waals surface area contributed by atoms with Crippen LogP contribution < -0.4 is 10.6 Å². The molecule has 0 fully saturated rings. The van der Waals surface area contributed by atoms with Crippen molar-refractivity contribution in [2.24, 2.45) is 5.41 Å². The van der Waals surface area contributed by atoms with E-state index in [1.54, 1.807) is 0 Å². The highest BCUT2D eigenvalue weighted by Gasteiger charge is 2.27. The molecule has 0 aromatic heterocycles. The molecule has 1 aromatic carbocycles. The van der Waals surface area contributed by atoms with E-state index in [1.165, 1.54) is 5.56 Å². The monoisotopic (exact) mass is 264 g/mol. The van der Waals surface area contributed by atoms with Crippen molar-refractivity contribution in [3.05, 3.63) is 29.8 Å². The summed E-state index contributed by atoms with van der Waals surface area (Å²) in [5.41, 5.74) is 1.79. The minimum Gasteiger partial charge on any atom is -0.491 e. The van der Waals surface area contributed by atoms with Crippen LogP contribution in [-0.4, -0.2) is 13.2 Å². The van der Waals surface area contributed by atoms with Crippen molar-refractivity contribution in [1.29, 1.82) is 0 Å². The Morgan fingerprint density at radius 3 is 2.00 bits per heavy atom. The zero-order valence-electron chi connectivity index (χ0n) is 12.7. The lowest BCUT2D eigenvalue weighted by Crippen LogP contribution is -2.24. The molecule has 1 aromatic rings. The normalized spacial score (nSPS) is 12.5. The van der Waals surface area contributed by atoms with Gasteiger partial charge in [-0.1, -0.05) is 46.8 Å². The Morgan fingerprint density at radius 1 is 0.947 bits per heavy atom. The van der Waals surface area contributed by atoms with Crippen molar-refractivity contribution in [3.63, 3.8) is 0 Å².